The summed E-state index contributed by atoms with van der Waals surface area (Å²) in [6, 6.07) is 21.9. The Hall–Kier alpha value is -4.78. The number of anilines is 2. The molecule has 0 atom stereocenters. The highest BCUT2D eigenvalue weighted by molar-refractivity contribution is 7.85. The Morgan fingerprint density at radius 2 is 1.65 bits per heavy atom. The monoisotopic (exact) mass is 772 g/mol. The molecule has 0 unspecified atom stereocenters. The molecule has 1 aliphatic rings. The number of imidazole rings is 1. The molecule has 0 saturated heterocycles. The first-order valence-corrected chi connectivity index (χ1v) is 21.0. The number of benzene rings is 3. The molecule has 55 heavy (non-hydrogen) atoms. The van der Waals surface area contributed by atoms with Crippen LogP contribution < -0.4 is 15.0 Å². The third kappa shape index (κ3) is 14.4. The fraction of sp³-hybridized carbons (Fsp3) is 0.419. The fourth-order valence-corrected chi connectivity index (χ4v) is 6.25. The van der Waals surface area contributed by atoms with E-state index in [2.05, 4.69) is 73.2 Å². The third-order valence-corrected chi connectivity index (χ3v) is 8.85. The van der Waals surface area contributed by atoms with Crippen LogP contribution in [0.2, 0.25) is 0 Å². The number of Topliss-reactive ketones (excluding diaryl/α,β-unsaturated/α-hetero) is 1. The van der Waals surface area contributed by atoms with Gasteiger partial charge in [-0.2, -0.15) is 8.42 Å². The Balaban J connectivity index is 0.00000126. The van der Waals surface area contributed by atoms with Crippen molar-refractivity contribution in [2.75, 3.05) is 49.4 Å². The number of hydrogen-bond acceptors (Lipinski definition) is 8. The lowest BCUT2D eigenvalue weighted by atomic mass is 9.96. The van der Waals surface area contributed by atoms with E-state index in [1.807, 2.05) is 22.8 Å². The van der Waals surface area contributed by atoms with Gasteiger partial charge in [0.2, 0.25) is 0 Å². The third-order valence-electron chi connectivity index (χ3n) is 8.85. The largest absolute Gasteiger partial charge is 0.491 e. The van der Waals surface area contributed by atoms with Gasteiger partial charge in [-0.3, -0.25) is 14.1 Å². The molecule has 3 aromatic carbocycles. The molecule has 11 nitrogen and oxygen atoms in total. The van der Waals surface area contributed by atoms with E-state index in [1.165, 1.54) is 0 Å². The molecule has 0 aliphatic carbocycles. The number of fused-ring (bicyclic) bond motifs is 1. The van der Waals surface area contributed by atoms with Crippen molar-refractivity contribution in [3.05, 3.63) is 102 Å². The van der Waals surface area contributed by atoms with E-state index in [-0.39, 0.29) is 11.7 Å². The Bertz CT molecular complexity index is 1960. The van der Waals surface area contributed by atoms with Gasteiger partial charge in [0, 0.05) is 60.6 Å². The number of aryl methyl sites for hydroxylation is 1. The van der Waals surface area contributed by atoms with Crippen LogP contribution in [0.5, 0.6) is 5.75 Å². The van der Waals surface area contributed by atoms with Gasteiger partial charge >= 0.3 is 0 Å². The minimum absolute atomic E-state index is 0.0244. The van der Waals surface area contributed by atoms with E-state index in [0.717, 1.165) is 91.3 Å². The first-order chi connectivity index (χ1) is 26.3. The number of ketones is 1. The summed E-state index contributed by atoms with van der Waals surface area (Å²) in [5, 5.41) is 3.09. The molecule has 2 N–H and O–H groups in total. The highest BCUT2D eigenvalue weighted by Gasteiger charge is 2.20. The summed E-state index contributed by atoms with van der Waals surface area (Å²) in [4.78, 5) is 33.4. The molecular formula is C43H56N4O7S. The van der Waals surface area contributed by atoms with Crippen LogP contribution in [0.15, 0.2) is 84.8 Å². The number of aromatic nitrogens is 2. The summed E-state index contributed by atoms with van der Waals surface area (Å²) in [6.07, 6.45) is 11.3. The van der Waals surface area contributed by atoms with Gasteiger partial charge in [0.1, 0.15) is 12.4 Å². The number of nitrogens with one attached hydrogen (secondary N) is 1. The number of hydrogen-bond donors (Lipinski definition) is 2. The van der Waals surface area contributed by atoms with Crippen LogP contribution in [-0.2, 0) is 32.6 Å². The summed E-state index contributed by atoms with van der Waals surface area (Å²) in [7, 11) is -3.67. The van der Waals surface area contributed by atoms with Gasteiger partial charge in [-0.25, -0.2) is 4.98 Å². The van der Waals surface area contributed by atoms with Gasteiger partial charge < -0.3 is 24.3 Å². The molecule has 0 spiro atoms. The highest BCUT2D eigenvalue weighted by atomic mass is 32.2. The van der Waals surface area contributed by atoms with Gasteiger partial charge in [0.25, 0.3) is 16.0 Å². The second-order valence-corrected chi connectivity index (χ2v) is 15.6. The van der Waals surface area contributed by atoms with Gasteiger partial charge in [0.15, 0.2) is 5.78 Å². The minimum atomic E-state index is -3.67. The average Bonchev–Trinajstić information content (AvgIpc) is 3.57. The predicted molar refractivity (Wildman–Crippen MR) is 220 cm³/mol. The van der Waals surface area contributed by atoms with Crippen LogP contribution in [0, 0.1) is 5.92 Å². The molecule has 12 heteroatoms. The molecule has 0 saturated carbocycles. The SMILES string of the molecule is CCCCOCCOc1ccc(-c2ccc3c(c2)/C=C(/C(=O)Nc2ccc(C(=O)Cc4cncn4CCC)cc2)CCCN3CC(C)C)cc1.CS(=O)(=O)O. The maximum atomic E-state index is 13.7. The van der Waals surface area contributed by atoms with Crippen LogP contribution in [0.4, 0.5) is 11.4 Å². The lowest BCUT2D eigenvalue weighted by Gasteiger charge is -2.30. The van der Waals surface area contributed by atoms with Crippen molar-refractivity contribution in [3.63, 3.8) is 0 Å². The van der Waals surface area contributed by atoms with E-state index in [1.54, 1.807) is 36.8 Å². The lowest BCUT2D eigenvalue weighted by molar-refractivity contribution is -0.112. The Labute approximate surface area is 326 Å². The van der Waals surface area contributed by atoms with Gasteiger partial charge in [-0.05, 0) is 103 Å². The Morgan fingerprint density at radius 3 is 2.33 bits per heavy atom. The fourth-order valence-electron chi connectivity index (χ4n) is 6.25. The predicted octanol–water partition coefficient (Wildman–Crippen LogP) is 8.36. The summed E-state index contributed by atoms with van der Waals surface area (Å²) in [5.41, 5.74) is 7.25. The maximum Gasteiger partial charge on any atom is 0.261 e. The standard InChI is InChI=1S/C42H52N4O4.CH4O3S/c1-5-7-22-49-23-24-50-39-17-12-32(13-18-39)34-14-19-40-36(25-34)26-35(9-8-21-45(40)29-31(3)4)42(48)44-37-15-10-33(11-16-37)41(47)27-38-28-43-30-46(38)20-6-2;1-5(2,3)4/h10-19,25-26,28,30-31H,5-9,20-24,27,29H2,1-4H3,(H,44,48);1H3,(H,2,3,4)/b35-26+;. The van der Waals surface area contributed by atoms with Crippen molar-refractivity contribution in [2.24, 2.45) is 5.92 Å². The number of ether oxygens (including phenoxy) is 2. The van der Waals surface area contributed by atoms with Crippen molar-refractivity contribution >= 4 is 39.3 Å². The van der Waals surface area contributed by atoms with Crippen LogP contribution >= 0.6 is 0 Å². The van der Waals surface area contributed by atoms with E-state index in [4.69, 9.17) is 14.0 Å². The van der Waals surface area contributed by atoms with E-state index in [0.29, 0.717) is 49.5 Å². The molecule has 0 bridgehead atoms. The molecule has 0 radical (unpaired) electrons. The zero-order chi connectivity index (χ0) is 39.8. The summed E-state index contributed by atoms with van der Waals surface area (Å²) < 4.78 is 39.4. The second-order valence-electron chi connectivity index (χ2n) is 14.2. The summed E-state index contributed by atoms with van der Waals surface area (Å²) in [6.45, 7) is 13.3. The number of carbonyl (C=O) groups is 2. The first-order valence-electron chi connectivity index (χ1n) is 19.1. The number of unbranched alkanes of at least 4 members (excludes halogenated alkanes) is 1. The van der Waals surface area contributed by atoms with Crippen molar-refractivity contribution in [1.29, 1.82) is 0 Å². The maximum absolute atomic E-state index is 13.7. The van der Waals surface area contributed by atoms with E-state index >= 15 is 0 Å². The molecule has 1 aromatic heterocycles. The van der Waals surface area contributed by atoms with Gasteiger partial charge in [-0.15, -0.1) is 0 Å². The van der Waals surface area contributed by atoms with Crippen molar-refractivity contribution < 1.29 is 32.0 Å². The second kappa shape index (κ2) is 21.3. The lowest BCUT2D eigenvalue weighted by Crippen LogP contribution is -2.30. The zero-order valence-electron chi connectivity index (χ0n) is 32.8. The average molecular weight is 773 g/mol. The Morgan fingerprint density at radius 1 is 0.945 bits per heavy atom. The first kappa shape index (κ1) is 43.0. The molecular weight excluding hydrogens is 717 g/mol. The highest BCUT2D eigenvalue weighted by Crippen LogP contribution is 2.33. The molecule has 296 valence electrons. The number of nitrogens with zero attached hydrogens (tertiary/aromatic N) is 3. The van der Waals surface area contributed by atoms with Crippen LogP contribution in [0.1, 0.15) is 81.4 Å². The quantitative estimate of drug-likeness (QED) is 0.0616. The smallest absolute Gasteiger partial charge is 0.261 e. The van der Waals surface area contributed by atoms with Gasteiger partial charge in [-0.1, -0.05) is 52.3 Å². The van der Waals surface area contributed by atoms with Crippen LogP contribution in [0.3, 0.4) is 0 Å². The molecule has 0 fully saturated rings. The molecule has 5 rings (SSSR count). The topological polar surface area (TPSA) is 140 Å². The zero-order valence-corrected chi connectivity index (χ0v) is 33.6. The normalized spacial score (nSPS) is 13.8. The minimum Gasteiger partial charge on any atom is -0.491 e. The Kier molecular flexibility index (Phi) is 16.7. The number of carbonyl (C=O) groups excluding carboxylic acids is 2. The van der Waals surface area contributed by atoms with Crippen molar-refractivity contribution in [1.82, 2.24) is 9.55 Å². The van der Waals surface area contributed by atoms with Crippen molar-refractivity contribution in [3.8, 4) is 16.9 Å². The van der Waals surface area contributed by atoms with E-state index in [9.17, 15) is 18.0 Å². The summed E-state index contributed by atoms with van der Waals surface area (Å²) >= 11 is 0. The number of amides is 1. The molecule has 1 amide bonds. The molecule has 1 aliphatic heterocycles. The van der Waals surface area contributed by atoms with Crippen LogP contribution in [-0.4, -0.2) is 73.4 Å². The van der Waals surface area contributed by atoms with Crippen LogP contribution in [0.25, 0.3) is 17.2 Å². The number of rotatable bonds is 17. The van der Waals surface area contributed by atoms with Gasteiger partial charge in [0.05, 0.1) is 25.6 Å². The molecule has 2 heterocycles. The molecule has 4 aromatic rings. The summed E-state index contributed by atoms with van der Waals surface area (Å²) in [5.74, 6) is 1.22. The van der Waals surface area contributed by atoms with E-state index < -0.39 is 10.1 Å². The van der Waals surface area contributed by atoms with Crippen molar-refractivity contribution in [2.45, 2.75) is 72.8 Å².